The molecule has 2 atom stereocenters. The number of nitrogens with one attached hydrogen (secondary N) is 1. The molecule has 1 aromatic carbocycles. The number of hydrogen-bond acceptors (Lipinski definition) is 4. The van der Waals surface area contributed by atoms with Gasteiger partial charge in [0.05, 0.1) is 17.5 Å². The normalized spacial score (nSPS) is 22.7. The van der Waals surface area contributed by atoms with Crippen molar-refractivity contribution in [3.63, 3.8) is 0 Å². The summed E-state index contributed by atoms with van der Waals surface area (Å²) in [5, 5.41) is 5.58. The van der Waals surface area contributed by atoms with Gasteiger partial charge < -0.3 is 5.32 Å². The van der Waals surface area contributed by atoms with Gasteiger partial charge in [-0.1, -0.05) is 36.4 Å². The Bertz CT molecular complexity index is 650. The molecule has 2 heterocycles. The Balaban J connectivity index is 1.84. The molecule has 0 amide bonds. The van der Waals surface area contributed by atoms with Gasteiger partial charge >= 0.3 is 0 Å². The zero-order valence-corrected chi connectivity index (χ0v) is 12.7. The van der Waals surface area contributed by atoms with Crippen molar-refractivity contribution < 1.29 is 8.42 Å². The second-order valence-corrected chi connectivity index (χ2v) is 8.33. The summed E-state index contributed by atoms with van der Waals surface area (Å²) in [5.74, 6) is 0.554. The van der Waals surface area contributed by atoms with E-state index in [2.05, 4.69) is 28.9 Å². The van der Waals surface area contributed by atoms with Gasteiger partial charge in [-0.15, -0.1) is 11.3 Å². The van der Waals surface area contributed by atoms with E-state index in [4.69, 9.17) is 0 Å². The van der Waals surface area contributed by atoms with Gasteiger partial charge in [0.15, 0.2) is 9.84 Å². The minimum absolute atomic E-state index is 0.0484. The summed E-state index contributed by atoms with van der Waals surface area (Å²) in [6.07, 6.45) is 0.705. The summed E-state index contributed by atoms with van der Waals surface area (Å²) >= 11 is 1.70. The third-order valence-corrected chi connectivity index (χ3v) is 6.30. The molecule has 0 bridgehead atoms. The molecule has 2 aromatic rings. The van der Waals surface area contributed by atoms with Gasteiger partial charge in [-0.25, -0.2) is 8.42 Å². The minimum atomic E-state index is -2.85. The fourth-order valence-electron chi connectivity index (χ4n) is 2.61. The van der Waals surface area contributed by atoms with Crippen LogP contribution in [0, 0.1) is 0 Å². The molecule has 1 aliphatic heterocycles. The fourth-order valence-corrected chi connectivity index (χ4v) is 5.10. The van der Waals surface area contributed by atoms with Crippen LogP contribution in [0.1, 0.15) is 22.9 Å². The lowest BCUT2D eigenvalue weighted by Crippen LogP contribution is -2.34. The highest BCUT2D eigenvalue weighted by molar-refractivity contribution is 7.91. The molecule has 1 saturated heterocycles. The maximum Gasteiger partial charge on any atom is 0.151 e. The second-order valence-electron chi connectivity index (χ2n) is 5.13. The van der Waals surface area contributed by atoms with Gasteiger partial charge in [0.1, 0.15) is 0 Å². The molecule has 0 radical (unpaired) electrons. The van der Waals surface area contributed by atoms with Crippen LogP contribution >= 0.6 is 11.3 Å². The van der Waals surface area contributed by atoms with Crippen LogP contribution in [0.5, 0.6) is 0 Å². The Morgan fingerprint density at radius 3 is 2.55 bits per heavy atom. The smallest absolute Gasteiger partial charge is 0.151 e. The average molecular weight is 307 g/mol. The van der Waals surface area contributed by atoms with Crippen LogP contribution in [0.3, 0.4) is 0 Å². The fraction of sp³-hybridized carbons (Fsp3) is 0.333. The van der Waals surface area contributed by atoms with Crippen molar-refractivity contribution in [2.75, 3.05) is 11.5 Å². The van der Waals surface area contributed by atoms with Crippen LogP contribution in [0.2, 0.25) is 0 Å². The van der Waals surface area contributed by atoms with Gasteiger partial charge in [0, 0.05) is 10.9 Å². The lowest BCUT2D eigenvalue weighted by Gasteiger charge is -2.22. The predicted octanol–water partition coefficient (Wildman–Crippen LogP) is 2.61. The van der Waals surface area contributed by atoms with Crippen molar-refractivity contribution in [3.05, 3.63) is 58.3 Å². The standard InChI is InChI=1S/C15H17NO2S2/c17-20(18)10-8-13(11-20)16-15(14-7-4-9-19-14)12-5-2-1-3-6-12/h1-7,9,13,15-16H,8,10-11H2. The molecular weight excluding hydrogens is 290 g/mol. The molecule has 2 unspecified atom stereocenters. The van der Waals surface area contributed by atoms with Gasteiger partial charge in [0.25, 0.3) is 0 Å². The van der Waals surface area contributed by atoms with Gasteiger partial charge in [0.2, 0.25) is 0 Å². The minimum Gasteiger partial charge on any atom is -0.302 e. The maximum absolute atomic E-state index is 11.6. The monoisotopic (exact) mass is 307 g/mol. The summed E-state index contributed by atoms with van der Waals surface area (Å²) in [4.78, 5) is 1.22. The molecule has 0 aliphatic carbocycles. The molecule has 3 rings (SSSR count). The summed E-state index contributed by atoms with van der Waals surface area (Å²) in [6.45, 7) is 0. The van der Waals surface area contributed by atoms with Gasteiger partial charge in [-0.05, 0) is 23.4 Å². The van der Waals surface area contributed by atoms with Crippen LogP contribution in [-0.2, 0) is 9.84 Å². The highest BCUT2D eigenvalue weighted by atomic mass is 32.2. The highest BCUT2D eigenvalue weighted by Gasteiger charge is 2.30. The first kappa shape index (κ1) is 13.8. The van der Waals surface area contributed by atoms with E-state index in [0.29, 0.717) is 12.2 Å². The number of hydrogen-bond donors (Lipinski definition) is 1. The molecule has 106 valence electrons. The summed E-state index contributed by atoms with van der Waals surface area (Å²) < 4.78 is 23.2. The predicted molar refractivity (Wildman–Crippen MR) is 82.8 cm³/mol. The van der Waals surface area contributed by atoms with Crippen molar-refractivity contribution in [2.24, 2.45) is 0 Å². The number of thiophene rings is 1. The molecule has 1 fully saturated rings. The van der Waals surface area contributed by atoms with Crippen molar-refractivity contribution in [2.45, 2.75) is 18.5 Å². The molecule has 20 heavy (non-hydrogen) atoms. The van der Waals surface area contributed by atoms with Crippen molar-refractivity contribution in [1.29, 1.82) is 0 Å². The van der Waals surface area contributed by atoms with E-state index in [1.54, 1.807) is 11.3 Å². The lowest BCUT2D eigenvalue weighted by atomic mass is 10.0. The van der Waals surface area contributed by atoms with Crippen LogP contribution in [0.25, 0.3) is 0 Å². The zero-order chi connectivity index (χ0) is 14.0. The van der Waals surface area contributed by atoms with Crippen LogP contribution < -0.4 is 5.32 Å². The van der Waals surface area contributed by atoms with Crippen LogP contribution in [0.4, 0.5) is 0 Å². The zero-order valence-electron chi connectivity index (χ0n) is 11.0. The summed E-state index contributed by atoms with van der Waals surface area (Å²) in [6, 6.07) is 14.5. The van der Waals surface area contributed by atoms with E-state index in [-0.39, 0.29) is 17.8 Å². The second kappa shape index (κ2) is 5.68. The molecule has 1 aliphatic rings. The Morgan fingerprint density at radius 2 is 1.95 bits per heavy atom. The molecule has 0 saturated carbocycles. The highest BCUT2D eigenvalue weighted by Crippen LogP contribution is 2.27. The number of benzene rings is 1. The maximum atomic E-state index is 11.6. The lowest BCUT2D eigenvalue weighted by molar-refractivity contribution is 0.509. The SMILES string of the molecule is O=S1(=O)CCC(NC(c2ccccc2)c2cccs2)C1. The van der Waals surface area contributed by atoms with Crippen molar-refractivity contribution in [1.82, 2.24) is 5.32 Å². The Morgan fingerprint density at radius 1 is 1.15 bits per heavy atom. The molecule has 0 spiro atoms. The molecule has 3 nitrogen and oxygen atoms in total. The van der Waals surface area contributed by atoms with Crippen molar-refractivity contribution >= 4 is 21.2 Å². The molecule has 5 heteroatoms. The molecule has 1 N–H and O–H groups in total. The largest absolute Gasteiger partial charge is 0.302 e. The van der Waals surface area contributed by atoms with Gasteiger partial charge in [-0.3, -0.25) is 0 Å². The van der Waals surface area contributed by atoms with Crippen molar-refractivity contribution in [3.8, 4) is 0 Å². The first-order chi connectivity index (χ1) is 9.64. The first-order valence-corrected chi connectivity index (χ1v) is 9.39. The van der Waals surface area contributed by atoms with E-state index in [1.165, 1.54) is 10.4 Å². The summed E-state index contributed by atoms with van der Waals surface area (Å²) in [5.41, 5.74) is 1.18. The number of sulfone groups is 1. The van der Waals surface area contributed by atoms with E-state index in [0.717, 1.165) is 0 Å². The first-order valence-electron chi connectivity index (χ1n) is 6.69. The molecular formula is C15H17NO2S2. The van der Waals surface area contributed by atoms with E-state index in [9.17, 15) is 8.42 Å². The summed E-state index contributed by atoms with van der Waals surface area (Å²) in [7, 11) is -2.85. The van der Waals surface area contributed by atoms with Crippen LogP contribution in [0.15, 0.2) is 47.8 Å². The molecule has 1 aromatic heterocycles. The number of rotatable bonds is 4. The average Bonchev–Trinajstić information content (AvgIpc) is 3.06. The Kier molecular flexibility index (Phi) is 3.92. The van der Waals surface area contributed by atoms with E-state index in [1.807, 2.05) is 24.3 Å². The van der Waals surface area contributed by atoms with E-state index < -0.39 is 9.84 Å². The van der Waals surface area contributed by atoms with Crippen LogP contribution in [-0.4, -0.2) is 26.0 Å². The third-order valence-electron chi connectivity index (χ3n) is 3.60. The van der Waals surface area contributed by atoms with E-state index >= 15 is 0 Å². The topological polar surface area (TPSA) is 46.2 Å². The van der Waals surface area contributed by atoms with Gasteiger partial charge in [-0.2, -0.15) is 0 Å². The third kappa shape index (κ3) is 3.11. The Hall–Kier alpha value is -1.17. The quantitative estimate of drug-likeness (QED) is 0.944. The Labute approximate surface area is 123 Å².